The number of carbonyl (C=O) groups is 1. The first-order chi connectivity index (χ1) is 10.4. The predicted molar refractivity (Wildman–Crippen MR) is 82.5 cm³/mol. The van der Waals surface area contributed by atoms with Crippen molar-refractivity contribution in [1.29, 1.82) is 0 Å². The van der Waals surface area contributed by atoms with Gasteiger partial charge in [-0.2, -0.15) is 13.5 Å². The van der Waals surface area contributed by atoms with Gasteiger partial charge in [-0.25, -0.2) is 9.63 Å². The van der Waals surface area contributed by atoms with Crippen molar-refractivity contribution in [2.24, 2.45) is 5.10 Å². The van der Waals surface area contributed by atoms with Crippen molar-refractivity contribution in [2.75, 3.05) is 0 Å². The highest BCUT2D eigenvalue weighted by atomic mass is 32.2. The van der Waals surface area contributed by atoms with Gasteiger partial charge in [-0.3, -0.25) is 0 Å². The number of carboxylic acids is 1. The minimum Gasteiger partial charge on any atom is -0.478 e. The van der Waals surface area contributed by atoms with Crippen LogP contribution in [0.15, 0.2) is 58.5 Å². The van der Waals surface area contributed by atoms with Crippen LogP contribution in [-0.2, 0) is 10.0 Å². The number of nitrogens with zero attached hydrogens (tertiary/aromatic N) is 1. The van der Waals surface area contributed by atoms with Crippen LogP contribution < -0.4 is 4.83 Å². The van der Waals surface area contributed by atoms with Crippen molar-refractivity contribution < 1.29 is 18.3 Å². The van der Waals surface area contributed by atoms with Gasteiger partial charge in [-0.05, 0) is 25.1 Å². The number of benzene rings is 2. The summed E-state index contributed by atoms with van der Waals surface area (Å²) in [6, 6.07) is 12.5. The van der Waals surface area contributed by atoms with Gasteiger partial charge in [0.25, 0.3) is 10.0 Å². The third-order valence-corrected chi connectivity index (χ3v) is 4.14. The van der Waals surface area contributed by atoms with Gasteiger partial charge >= 0.3 is 5.97 Å². The fraction of sp³-hybridized carbons (Fsp3) is 0.0667. The zero-order valence-electron chi connectivity index (χ0n) is 11.7. The molecular weight excluding hydrogens is 304 g/mol. The van der Waals surface area contributed by atoms with Gasteiger partial charge in [-0.15, -0.1) is 0 Å². The zero-order chi connectivity index (χ0) is 16.2. The Kier molecular flexibility index (Phi) is 4.57. The molecular formula is C15H14N2O4S. The van der Waals surface area contributed by atoms with E-state index >= 15 is 0 Å². The van der Waals surface area contributed by atoms with Crippen LogP contribution in [0.4, 0.5) is 0 Å². The number of sulfonamides is 1. The molecule has 0 spiro atoms. The maximum atomic E-state index is 12.0. The molecule has 0 radical (unpaired) electrons. The number of hydrogen-bond acceptors (Lipinski definition) is 4. The average molecular weight is 318 g/mol. The van der Waals surface area contributed by atoms with Crippen molar-refractivity contribution in [3.8, 4) is 0 Å². The Hall–Kier alpha value is -2.67. The zero-order valence-corrected chi connectivity index (χ0v) is 12.5. The first kappa shape index (κ1) is 15.7. The second kappa shape index (κ2) is 6.40. The molecule has 0 atom stereocenters. The molecule has 0 fully saturated rings. The van der Waals surface area contributed by atoms with Crippen molar-refractivity contribution in [1.82, 2.24) is 4.83 Å². The second-order valence-corrected chi connectivity index (χ2v) is 6.22. The highest BCUT2D eigenvalue weighted by Crippen LogP contribution is 2.10. The molecule has 0 unspecified atom stereocenters. The van der Waals surface area contributed by atoms with E-state index < -0.39 is 16.0 Å². The lowest BCUT2D eigenvalue weighted by Gasteiger charge is -2.04. The molecule has 2 aromatic rings. The Morgan fingerprint density at radius 1 is 1.14 bits per heavy atom. The molecule has 0 aliphatic rings. The smallest absolute Gasteiger partial charge is 0.336 e. The quantitative estimate of drug-likeness (QED) is 0.651. The minimum atomic E-state index is -3.78. The molecule has 0 aromatic heterocycles. The van der Waals surface area contributed by atoms with Gasteiger partial charge in [0.1, 0.15) is 0 Å². The fourth-order valence-electron chi connectivity index (χ4n) is 1.74. The number of aromatic carboxylic acids is 1. The molecule has 2 aromatic carbocycles. The number of nitrogens with one attached hydrogen (secondary N) is 1. The number of hydrogen-bond donors (Lipinski definition) is 2. The van der Waals surface area contributed by atoms with Crippen molar-refractivity contribution in [3.05, 3.63) is 65.2 Å². The maximum Gasteiger partial charge on any atom is 0.336 e. The summed E-state index contributed by atoms with van der Waals surface area (Å²) in [5.74, 6) is -1.11. The number of aryl methyl sites for hydroxylation is 1. The van der Waals surface area contributed by atoms with Crippen LogP contribution in [0.2, 0.25) is 0 Å². The number of hydrazone groups is 1. The Morgan fingerprint density at radius 3 is 2.41 bits per heavy atom. The Balaban J connectivity index is 2.19. The highest BCUT2D eigenvalue weighted by Gasteiger charge is 2.12. The summed E-state index contributed by atoms with van der Waals surface area (Å²) in [7, 11) is -3.78. The molecule has 0 heterocycles. The van der Waals surface area contributed by atoms with E-state index in [2.05, 4.69) is 9.93 Å². The molecule has 0 saturated heterocycles. The van der Waals surface area contributed by atoms with Crippen LogP contribution in [0, 0.1) is 6.92 Å². The van der Waals surface area contributed by atoms with E-state index in [9.17, 15) is 13.2 Å². The third-order valence-electron chi connectivity index (χ3n) is 2.90. The van der Waals surface area contributed by atoms with Gasteiger partial charge in [0.15, 0.2) is 0 Å². The summed E-state index contributed by atoms with van der Waals surface area (Å²) >= 11 is 0. The maximum absolute atomic E-state index is 12.0. The third kappa shape index (κ3) is 3.70. The SMILES string of the molecule is Cc1ccc(S(=O)(=O)N/N=C/c2ccccc2C(=O)O)cc1. The molecule has 0 saturated carbocycles. The highest BCUT2D eigenvalue weighted by molar-refractivity contribution is 7.89. The summed E-state index contributed by atoms with van der Waals surface area (Å²) < 4.78 is 24.0. The van der Waals surface area contributed by atoms with Crippen LogP contribution in [0.1, 0.15) is 21.5 Å². The van der Waals surface area contributed by atoms with E-state index in [0.29, 0.717) is 5.56 Å². The fourth-order valence-corrected chi connectivity index (χ4v) is 2.53. The molecule has 7 heteroatoms. The monoisotopic (exact) mass is 318 g/mol. The molecule has 2 rings (SSSR count). The van der Waals surface area contributed by atoms with Crippen LogP contribution in [0.5, 0.6) is 0 Å². The first-order valence-electron chi connectivity index (χ1n) is 6.34. The summed E-state index contributed by atoms with van der Waals surface area (Å²) in [6.07, 6.45) is 1.16. The second-order valence-electron chi connectivity index (χ2n) is 4.56. The Morgan fingerprint density at radius 2 is 1.77 bits per heavy atom. The molecule has 0 aliphatic heterocycles. The lowest BCUT2D eigenvalue weighted by atomic mass is 10.1. The van der Waals surface area contributed by atoms with E-state index in [1.165, 1.54) is 24.3 Å². The summed E-state index contributed by atoms with van der Waals surface area (Å²) in [4.78, 5) is 13.2. The standard InChI is InChI=1S/C15H14N2O4S/c1-11-6-8-13(9-7-11)22(20,21)17-16-10-12-4-2-3-5-14(12)15(18)19/h2-10,17H,1H3,(H,18,19)/b16-10+. The predicted octanol–water partition coefficient (Wildman–Crippen LogP) is 2.01. The van der Waals surface area contributed by atoms with Gasteiger partial charge in [0.05, 0.1) is 16.7 Å². The van der Waals surface area contributed by atoms with Crippen LogP contribution in [-0.4, -0.2) is 25.7 Å². The molecule has 0 aliphatic carbocycles. The van der Waals surface area contributed by atoms with Crippen molar-refractivity contribution in [2.45, 2.75) is 11.8 Å². The largest absolute Gasteiger partial charge is 0.478 e. The molecule has 0 bridgehead atoms. The van der Waals surface area contributed by atoms with Crippen molar-refractivity contribution in [3.63, 3.8) is 0 Å². The van der Waals surface area contributed by atoms with E-state index in [0.717, 1.165) is 11.8 Å². The topological polar surface area (TPSA) is 95.8 Å². The van der Waals surface area contributed by atoms with Gasteiger partial charge < -0.3 is 5.11 Å². The first-order valence-corrected chi connectivity index (χ1v) is 7.82. The lowest BCUT2D eigenvalue weighted by Crippen LogP contribution is -2.18. The lowest BCUT2D eigenvalue weighted by molar-refractivity contribution is 0.0696. The molecule has 0 amide bonds. The van der Waals surface area contributed by atoms with E-state index in [1.54, 1.807) is 24.3 Å². The summed E-state index contributed by atoms with van der Waals surface area (Å²) in [5.41, 5.74) is 1.29. The van der Waals surface area contributed by atoms with Crippen LogP contribution in [0.25, 0.3) is 0 Å². The van der Waals surface area contributed by atoms with Crippen LogP contribution in [0.3, 0.4) is 0 Å². The molecule has 114 valence electrons. The van der Waals surface area contributed by atoms with E-state index in [-0.39, 0.29) is 10.5 Å². The molecule has 2 N–H and O–H groups in total. The summed E-state index contributed by atoms with van der Waals surface area (Å²) in [6.45, 7) is 1.85. The molecule has 6 nitrogen and oxygen atoms in total. The normalized spacial score (nSPS) is 11.5. The average Bonchev–Trinajstić information content (AvgIpc) is 2.48. The summed E-state index contributed by atoms with van der Waals surface area (Å²) in [5, 5.41) is 12.7. The van der Waals surface area contributed by atoms with Gasteiger partial charge in [0, 0.05) is 5.56 Å². The number of rotatable bonds is 5. The Labute approximate surface area is 128 Å². The minimum absolute atomic E-state index is 0.0424. The Bertz CT molecular complexity index is 812. The van der Waals surface area contributed by atoms with Gasteiger partial charge in [-0.1, -0.05) is 35.9 Å². The molecule has 22 heavy (non-hydrogen) atoms. The van der Waals surface area contributed by atoms with Crippen molar-refractivity contribution >= 4 is 22.2 Å². The van der Waals surface area contributed by atoms with E-state index in [1.807, 2.05) is 6.92 Å². The van der Waals surface area contributed by atoms with E-state index in [4.69, 9.17) is 5.11 Å². The van der Waals surface area contributed by atoms with Gasteiger partial charge in [0.2, 0.25) is 0 Å². The number of carboxylic acid groups (broad SMARTS) is 1. The van der Waals surface area contributed by atoms with Crippen LogP contribution >= 0.6 is 0 Å².